The fourth-order valence-corrected chi connectivity index (χ4v) is 4.24. The first-order valence-electron chi connectivity index (χ1n) is 7.09. The third kappa shape index (κ3) is 1.26. The highest BCUT2D eigenvalue weighted by Crippen LogP contribution is 2.69. The van der Waals surface area contributed by atoms with Crippen LogP contribution in [-0.2, 0) is 0 Å². The molecule has 3 rings (SSSR count). The fourth-order valence-electron chi connectivity index (χ4n) is 4.24. The Bertz CT molecular complexity index is 712. The van der Waals surface area contributed by atoms with Gasteiger partial charge in [-0.2, -0.15) is 21.0 Å². The summed E-state index contributed by atoms with van der Waals surface area (Å²) in [6.45, 7) is 1.92. The van der Waals surface area contributed by atoms with Gasteiger partial charge in [-0.05, 0) is 37.2 Å². The quantitative estimate of drug-likeness (QED) is 0.733. The molecule has 0 heterocycles. The molecule has 102 valence electrons. The SMILES string of the molecule is CC1(C2CC2)CC2=C(C=CC2)C(C#N)(C#N)C1(C#N)C#N. The summed E-state index contributed by atoms with van der Waals surface area (Å²) in [7, 11) is 0. The van der Waals surface area contributed by atoms with Crippen molar-refractivity contribution in [3.63, 3.8) is 0 Å². The second kappa shape index (κ2) is 3.97. The Kier molecular flexibility index (Phi) is 2.54. The van der Waals surface area contributed by atoms with E-state index in [-0.39, 0.29) is 5.92 Å². The van der Waals surface area contributed by atoms with Gasteiger partial charge in [-0.1, -0.05) is 24.6 Å². The van der Waals surface area contributed by atoms with Crippen LogP contribution >= 0.6 is 0 Å². The second-order valence-electron chi connectivity index (χ2n) is 6.44. The van der Waals surface area contributed by atoms with Crippen molar-refractivity contribution in [2.24, 2.45) is 22.2 Å². The molecule has 4 nitrogen and oxygen atoms in total. The van der Waals surface area contributed by atoms with Crippen LogP contribution in [-0.4, -0.2) is 0 Å². The summed E-state index contributed by atoms with van der Waals surface area (Å²) in [4.78, 5) is 0. The number of nitriles is 4. The van der Waals surface area contributed by atoms with E-state index in [9.17, 15) is 21.0 Å². The molecule has 0 aromatic carbocycles. The molecule has 1 saturated carbocycles. The number of hydrogen-bond donors (Lipinski definition) is 0. The van der Waals surface area contributed by atoms with E-state index >= 15 is 0 Å². The molecule has 21 heavy (non-hydrogen) atoms. The fraction of sp³-hybridized carbons (Fsp3) is 0.529. The third-order valence-electron chi connectivity index (χ3n) is 5.58. The van der Waals surface area contributed by atoms with Crippen molar-refractivity contribution in [3.8, 4) is 24.3 Å². The Labute approximate surface area is 124 Å². The minimum atomic E-state index is -1.69. The van der Waals surface area contributed by atoms with Gasteiger partial charge in [0.05, 0.1) is 24.3 Å². The maximum atomic E-state index is 9.85. The predicted octanol–water partition coefficient (Wildman–Crippen LogP) is 3.13. The van der Waals surface area contributed by atoms with Gasteiger partial charge in [0.1, 0.15) is 0 Å². The normalized spacial score (nSPS) is 31.5. The summed E-state index contributed by atoms with van der Waals surface area (Å²) in [6.07, 6.45) is 6.96. The Hall–Kier alpha value is -2.56. The topological polar surface area (TPSA) is 95.2 Å². The molecule has 0 aliphatic heterocycles. The Morgan fingerprint density at radius 2 is 1.67 bits per heavy atom. The molecule has 0 saturated heterocycles. The largest absolute Gasteiger partial charge is 0.200 e. The summed E-state index contributed by atoms with van der Waals surface area (Å²) in [5, 5.41) is 39.3. The second-order valence-corrected chi connectivity index (χ2v) is 6.44. The van der Waals surface area contributed by atoms with E-state index in [1.54, 1.807) is 6.08 Å². The smallest absolute Gasteiger partial charge is 0.196 e. The highest BCUT2D eigenvalue weighted by Gasteiger charge is 2.71. The maximum Gasteiger partial charge on any atom is 0.200 e. The summed E-state index contributed by atoms with van der Waals surface area (Å²) in [5.74, 6) is 0.243. The molecule has 0 spiro atoms. The van der Waals surface area contributed by atoms with Gasteiger partial charge in [0.2, 0.25) is 5.41 Å². The first-order valence-corrected chi connectivity index (χ1v) is 7.09. The molecule has 0 radical (unpaired) electrons. The lowest BCUT2D eigenvalue weighted by molar-refractivity contribution is 0.0654. The zero-order valence-electron chi connectivity index (χ0n) is 11.8. The van der Waals surface area contributed by atoms with Gasteiger partial charge < -0.3 is 0 Å². The summed E-state index contributed by atoms with van der Waals surface area (Å²) >= 11 is 0. The van der Waals surface area contributed by atoms with Crippen LogP contribution in [0.25, 0.3) is 0 Å². The van der Waals surface area contributed by atoms with Crippen molar-refractivity contribution in [2.45, 2.75) is 32.6 Å². The molecular formula is C17H14N4. The zero-order chi connectivity index (χ0) is 15.3. The Morgan fingerprint density at radius 3 is 2.14 bits per heavy atom. The standard InChI is InChI=1S/C17H14N4/c1-15(13-5-6-13)7-12-3-2-4-14(12)16(8-18,9-19)17(15,10-20)11-21/h2,4,13H,3,5-7H2,1H3. The van der Waals surface area contributed by atoms with Gasteiger partial charge in [-0.25, -0.2) is 0 Å². The van der Waals surface area contributed by atoms with E-state index in [2.05, 4.69) is 24.3 Å². The lowest BCUT2D eigenvalue weighted by atomic mass is 9.45. The molecule has 0 amide bonds. The van der Waals surface area contributed by atoms with E-state index in [0.717, 1.165) is 24.8 Å². The van der Waals surface area contributed by atoms with Crippen molar-refractivity contribution in [2.75, 3.05) is 0 Å². The van der Waals surface area contributed by atoms with Crippen molar-refractivity contribution >= 4 is 0 Å². The van der Waals surface area contributed by atoms with Crippen molar-refractivity contribution in [3.05, 3.63) is 23.3 Å². The van der Waals surface area contributed by atoms with Crippen LogP contribution in [0.15, 0.2) is 23.3 Å². The lowest BCUT2D eigenvalue weighted by Crippen LogP contribution is -2.54. The molecule has 1 unspecified atom stereocenters. The molecule has 1 atom stereocenters. The van der Waals surface area contributed by atoms with Gasteiger partial charge in [-0.15, -0.1) is 0 Å². The first kappa shape index (κ1) is 13.4. The molecule has 4 heteroatoms. The van der Waals surface area contributed by atoms with E-state index in [4.69, 9.17) is 0 Å². The van der Waals surface area contributed by atoms with Crippen LogP contribution in [0.1, 0.15) is 32.6 Å². The van der Waals surface area contributed by atoms with Gasteiger partial charge in [-0.3, -0.25) is 0 Å². The van der Waals surface area contributed by atoms with E-state index < -0.39 is 16.2 Å². The minimum absolute atomic E-state index is 0.243. The molecule has 0 aromatic heterocycles. The van der Waals surface area contributed by atoms with Crippen LogP contribution in [0.2, 0.25) is 0 Å². The molecular weight excluding hydrogens is 260 g/mol. The average molecular weight is 274 g/mol. The van der Waals surface area contributed by atoms with Crippen molar-refractivity contribution < 1.29 is 0 Å². The Balaban J connectivity index is 2.38. The summed E-state index contributed by atoms with van der Waals surface area (Å²) in [6, 6.07) is 8.33. The molecule has 3 aliphatic carbocycles. The summed E-state index contributed by atoms with van der Waals surface area (Å²) < 4.78 is 0. The lowest BCUT2D eigenvalue weighted by Gasteiger charge is -2.50. The number of rotatable bonds is 1. The van der Waals surface area contributed by atoms with Gasteiger partial charge in [0.15, 0.2) is 5.41 Å². The zero-order valence-corrected chi connectivity index (χ0v) is 11.8. The third-order valence-corrected chi connectivity index (χ3v) is 5.58. The molecule has 0 N–H and O–H groups in total. The van der Waals surface area contributed by atoms with Crippen LogP contribution < -0.4 is 0 Å². The summed E-state index contributed by atoms with van der Waals surface area (Å²) in [5.41, 5.74) is -2.29. The van der Waals surface area contributed by atoms with Crippen LogP contribution in [0.4, 0.5) is 0 Å². The Morgan fingerprint density at radius 1 is 1.05 bits per heavy atom. The van der Waals surface area contributed by atoms with Gasteiger partial charge in [0, 0.05) is 5.41 Å². The maximum absolute atomic E-state index is 9.85. The van der Waals surface area contributed by atoms with E-state index in [0.29, 0.717) is 12.0 Å². The van der Waals surface area contributed by atoms with E-state index in [1.807, 2.05) is 13.0 Å². The number of nitrogens with zero attached hydrogens (tertiary/aromatic N) is 4. The van der Waals surface area contributed by atoms with Crippen LogP contribution in [0, 0.1) is 67.5 Å². The van der Waals surface area contributed by atoms with Gasteiger partial charge >= 0.3 is 0 Å². The van der Waals surface area contributed by atoms with Crippen LogP contribution in [0.3, 0.4) is 0 Å². The number of allylic oxidation sites excluding steroid dienone is 4. The first-order chi connectivity index (χ1) is 10.0. The molecule has 0 aromatic rings. The minimum Gasteiger partial charge on any atom is -0.196 e. The van der Waals surface area contributed by atoms with Crippen molar-refractivity contribution in [1.29, 1.82) is 21.0 Å². The van der Waals surface area contributed by atoms with Crippen LogP contribution in [0.5, 0.6) is 0 Å². The monoisotopic (exact) mass is 274 g/mol. The molecule has 1 fully saturated rings. The molecule has 0 bridgehead atoms. The van der Waals surface area contributed by atoms with Gasteiger partial charge in [0.25, 0.3) is 0 Å². The highest BCUT2D eigenvalue weighted by atomic mass is 14.7. The van der Waals surface area contributed by atoms with Crippen molar-refractivity contribution in [1.82, 2.24) is 0 Å². The predicted molar refractivity (Wildman–Crippen MR) is 73.5 cm³/mol. The average Bonchev–Trinajstić information content (AvgIpc) is 3.26. The number of hydrogen-bond acceptors (Lipinski definition) is 4. The van der Waals surface area contributed by atoms with E-state index in [1.165, 1.54) is 0 Å². The highest BCUT2D eigenvalue weighted by molar-refractivity contribution is 5.58. The molecule has 3 aliphatic rings.